The third-order valence-electron chi connectivity index (χ3n) is 3.59. The predicted molar refractivity (Wildman–Crippen MR) is 97.5 cm³/mol. The standard InChI is InChI=1S/C16H17N9O2/c1-9(13(17)26)22-16-19-8-12(14(18)27)15(24-16)23-10-3-2-4-11(7-10)25-20-5-6-21-25/h2-9H,1H3,(H2,17,26)(H2,18,27)(H2,19,22,23,24). The van der Waals surface area contributed by atoms with Crippen LogP contribution in [0.15, 0.2) is 42.9 Å². The first-order valence-corrected chi connectivity index (χ1v) is 7.90. The molecule has 1 aromatic carbocycles. The van der Waals surface area contributed by atoms with E-state index in [1.807, 2.05) is 6.07 Å². The summed E-state index contributed by atoms with van der Waals surface area (Å²) in [6, 6.07) is 6.47. The number of nitrogens with zero attached hydrogens (tertiary/aromatic N) is 5. The Morgan fingerprint density at radius 1 is 1.19 bits per heavy atom. The zero-order chi connectivity index (χ0) is 19.4. The van der Waals surface area contributed by atoms with Crippen LogP contribution in [0, 0.1) is 0 Å². The molecular weight excluding hydrogens is 350 g/mol. The van der Waals surface area contributed by atoms with Gasteiger partial charge in [0.25, 0.3) is 5.91 Å². The minimum absolute atomic E-state index is 0.0925. The van der Waals surface area contributed by atoms with Crippen LogP contribution in [0.2, 0.25) is 0 Å². The second kappa shape index (κ2) is 7.47. The number of aromatic nitrogens is 5. The number of anilines is 3. The van der Waals surface area contributed by atoms with Crippen molar-refractivity contribution in [3.63, 3.8) is 0 Å². The van der Waals surface area contributed by atoms with Gasteiger partial charge in [0.1, 0.15) is 17.4 Å². The molecule has 3 rings (SSSR count). The van der Waals surface area contributed by atoms with Crippen LogP contribution < -0.4 is 22.1 Å². The largest absolute Gasteiger partial charge is 0.368 e. The number of hydrogen-bond acceptors (Lipinski definition) is 8. The number of rotatable bonds is 7. The Kier molecular flexibility index (Phi) is 4.92. The molecule has 2 amide bonds. The Bertz CT molecular complexity index is 972. The van der Waals surface area contributed by atoms with E-state index >= 15 is 0 Å². The van der Waals surface area contributed by atoms with Gasteiger partial charge in [-0.2, -0.15) is 20.0 Å². The molecule has 0 spiro atoms. The van der Waals surface area contributed by atoms with Gasteiger partial charge >= 0.3 is 0 Å². The van der Waals surface area contributed by atoms with Gasteiger partial charge in [-0.3, -0.25) is 9.59 Å². The van der Waals surface area contributed by atoms with Crippen LogP contribution in [-0.2, 0) is 4.79 Å². The molecule has 27 heavy (non-hydrogen) atoms. The molecule has 138 valence electrons. The van der Waals surface area contributed by atoms with E-state index in [-0.39, 0.29) is 17.3 Å². The fraction of sp³-hybridized carbons (Fsp3) is 0.125. The monoisotopic (exact) mass is 367 g/mol. The molecule has 3 aromatic rings. The minimum Gasteiger partial charge on any atom is -0.368 e. The SMILES string of the molecule is CC(Nc1ncc(C(N)=O)c(Nc2cccc(-n3nccn3)c2)n1)C(N)=O. The highest BCUT2D eigenvalue weighted by molar-refractivity contribution is 5.98. The number of benzene rings is 1. The summed E-state index contributed by atoms with van der Waals surface area (Å²) in [4.78, 5) is 32.6. The van der Waals surface area contributed by atoms with Crippen molar-refractivity contribution in [1.29, 1.82) is 0 Å². The van der Waals surface area contributed by atoms with Crippen LogP contribution in [-0.4, -0.2) is 42.8 Å². The van der Waals surface area contributed by atoms with E-state index in [9.17, 15) is 9.59 Å². The summed E-state index contributed by atoms with van der Waals surface area (Å²) >= 11 is 0. The smallest absolute Gasteiger partial charge is 0.254 e. The van der Waals surface area contributed by atoms with Gasteiger partial charge in [0, 0.05) is 11.9 Å². The quantitative estimate of drug-likeness (QED) is 0.459. The Labute approximate surface area is 153 Å². The van der Waals surface area contributed by atoms with E-state index in [1.54, 1.807) is 37.5 Å². The molecule has 0 radical (unpaired) electrons. The molecule has 0 aliphatic rings. The lowest BCUT2D eigenvalue weighted by atomic mass is 10.2. The summed E-state index contributed by atoms with van der Waals surface area (Å²) in [6.07, 6.45) is 4.40. The molecule has 2 heterocycles. The number of primary amides is 2. The van der Waals surface area contributed by atoms with Crippen LogP contribution in [0.1, 0.15) is 17.3 Å². The minimum atomic E-state index is -0.697. The first kappa shape index (κ1) is 17.8. The molecule has 6 N–H and O–H groups in total. The second-order valence-corrected chi connectivity index (χ2v) is 5.58. The highest BCUT2D eigenvalue weighted by Gasteiger charge is 2.15. The van der Waals surface area contributed by atoms with Crippen LogP contribution in [0.25, 0.3) is 5.69 Å². The van der Waals surface area contributed by atoms with E-state index in [2.05, 4.69) is 30.8 Å². The number of nitrogens with two attached hydrogens (primary N) is 2. The molecule has 1 atom stereocenters. The van der Waals surface area contributed by atoms with Crippen molar-refractivity contribution in [2.45, 2.75) is 13.0 Å². The maximum atomic E-state index is 11.7. The average molecular weight is 367 g/mol. The normalized spacial score (nSPS) is 11.6. The number of nitrogens with one attached hydrogen (secondary N) is 2. The summed E-state index contributed by atoms with van der Waals surface area (Å²) in [6.45, 7) is 1.57. The summed E-state index contributed by atoms with van der Waals surface area (Å²) in [5, 5.41) is 13.9. The molecule has 1 unspecified atom stereocenters. The highest BCUT2D eigenvalue weighted by atomic mass is 16.1. The van der Waals surface area contributed by atoms with Crippen molar-refractivity contribution in [2.75, 3.05) is 10.6 Å². The van der Waals surface area contributed by atoms with E-state index in [0.29, 0.717) is 11.4 Å². The molecular formula is C16H17N9O2. The van der Waals surface area contributed by atoms with E-state index in [4.69, 9.17) is 11.5 Å². The third-order valence-corrected chi connectivity index (χ3v) is 3.59. The lowest BCUT2D eigenvalue weighted by Gasteiger charge is -2.14. The predicted octanol–water partition coefficient (Wildman–Crippen LogP) is 0.185. The second-order valence-electron chi connectivity index (χ2n) is 5.58. The third kappa shape index (κ3) is 4.15. The van der Waals surface area contributed by atoms with Crippen molar-refractivity contribution in [3.05, 3.63) is 48.4 Å². The number of amides is 2. The summed E-state index contributed by atoms with van der Waals surface area (Å²) in [5.41, 5.74) is 12.0. The lowest BCUT2D eigenvalue weighted by molar-refractivity contribution is -0.118. The molecule has 0 aliphatic heterocycles. The topological polar surface area (TPSA) is 167 Å². The maximum absolute atomic E-state index is 11.7. The van der Waals surface area contributed by atoms with Crippen molar-refractivity contribution < 1.29 is 9.59 Å². The fourth-order valence-corrected chi connectivity index (χ4v) is 2.19. The lowest BCUT2D eigenvalue weighted by Crippen LogP contribution is -2.33. The zero-order valence-corrected chi connectivity index (χ0v) is 14.3. The summed E-state index contributed by atoms with van der Waals surface area (Å²) in [5.74, 6) is -0.954. The van der Waals surface area contributed by atoms with Gasteiger partial charge in [-0.05, 0) is 25.1 Å². The van der Waals surface area contributed by atoms with E-state index < -0.39 is 17.9 Å². The Morgan fingerprint density at radius 2 is 1.93 bits per heavy atom. The van der Waals surface area contributed by atoms with Crippen LogP contribution in [0.3, 0.4) is 0 Å². The molecule has 11 nitrogen and oxygen atoms in total. The molecule has 2 aromatic heterocycles. The van der Waals surface area contributed by atoms with Crippen molar-refractivity contribution in [3.8, 4) is 5.69 Å². The van der Waals surface area contributed by atoms with Crippen molar-refractivity contribution >= 4 is 29.3 Å². The highest BCUT2D eigenvalue weighted by Crippen LogP contribution is 2.21. The van der Waals surface area contributed by atoms with Crippen LogP contribution in [0.5, 0.6) is 0 Å². The zero-order valence-electron chi connectivity index (χ0n) is 14.3. The Morgan fingerprint density at radius 3 is 2.59 bits per heavy atom. The number of hydrogen-bond donors (Lipinski definition) is 4. The van der Waals surface area contributed by atoms with Gasteiger partial charge < -0.3 is 22.1 Å². The average Bonchev–Trinajstić information content (AvgIpc) is 3.16. The molecule has 11 heteroatoms. The van der Waals surface area contributed by atoms with Crippen LogP contribution >= 0.6 is 0 Å². The van der Waals surface area contributed by atoms with Gasteiger partial charge in [-0.1, -0.05) is 6.07 Å². The molecule has 0 aliphatic carbocycles. The Hall–Kier alpha value is -4.02. The summed E-state index contributed by atoms with van der Waals surface area (Å²) in [7, 11) is 0. The number of carbonyl (C=O) groups excluding carboxylic acids is 2. The molecule has 0 saturated carbocycles. The molecule has 0 bridgehead atoms. The van der Waals surface area contributed by atoms with Gasteiger partial charge in [0.2, 0.25) is 11.9 Å². The van der Waals surface area contributed by atoms with Gasteiger partial charge in [0.05, 0.1) is 18.1 Å². The first-order valence-electron chi connectivity index (χ1n) is 7.90. The van der Waals surface area contributed by atoms with Gasteiger partial charge in [-0.15, -0.1) is 0 Å². The number of carbonyl (C=O) groups is 2. The summed E-state index contributed by atoms with van der Waals surface area (Å²) < 4.78 is 0. The Balaban J connectivity index is 1.91. The van der Waals surface area contributed by atoms with E-state index in [1.165, 1.54) is 11.0 Å². The van der Waals surface area contributed by atoms with E-state index in [0.717, 1.165) is 0 Å². The van der Waals surface area contributed by atoms with Crippen LogP contribution in [0.4, 0.5) is 17.5 Å². The van der Waals surface area contributed by atoms with Crippen molar-refractivity contribution in [2.24, 2.45) is 11.5 Å². The first-order chi connectivity index (χ1) is 12.9. The fourth-order valence-electron chi connectivity index (χ4n) is 2.19. The van der Waals surface area contributed by atoms with Crippen molar-refractivity contribution in [1.82, 2.24) is 25.0 Å². The van der Waals surface area contributed by atoms with Gasteiger partial charge in [0.15, 0.2) is 0 Å². The maximum Gasteiger partial charge on any atom is 0.254 e. The molecule has 0 fully saturated rings. The molecule has 0 saturated heterocycles. The van der Waals surface area contributed by atoms with Gasteiger partial charge in [-0.25, -0.2) is 4.98 Å².